The number of ether oxygens (including phenoxy) is 1. The van der Waals surface area contributed by atoms with Crippen LogP contribution >= 0.6 is 11.8 Å². The van der Waals surface area contributed by atoms with E-state index in [-0.39, 0.29) is 5.91 Å². The number of nitrogens with one attached hydrogen (secondary N) is 1. The van der Waals surface area contributed by atoms with Gasteiger partial charge in [0.15, 0.2) is 6.10 Å². The Morgan fingerprint density at radius 1 is 1.30 bits per heavy atom. The molecule has 0 aliphatic heterocycles. The third-order valence-electron chi connectivity index (χ3n) is 3.33. The highest BCUT2D eigenvalue weighted by atomic mass is 32.2. The molecular formula is C18H23NO3S. The van der Waals surface area contributed by atoms with Gasteiger partial charge in [0.25, 0.3) is 5.91 Å². The van der Waals surface area contributed by atoms with Crippen molar-refractivity contribution >= 4 is 17.7 Å². The summed E-state index contributed by atoms with van der Waals surface area (Å²) in [4.78, 5) is 12.2. The molecule has 0 fully saturated rings. The van der Waals surface area contributed by atoms with Gasteiger partial charge in [0, 0.05) is 12.3 Å². The van der Waals surface area contributed by atoms with Crippen LogP contribution in [-0.2, 0) is 10.5 Å². The van der Waals surface area contributed by atoms with Crippen molar-refractivity contribution in [2.75, 3.05) is 12.3 Å². The number of carbonyl (C=O) groups is 1. The van der Waals surface area contributed by atoms with Gasteiger partial charge in [-0.05, 0) is 37.6 Å². The first-order chi connectivity index (χ1) is 11.2. The minimum atomic E-state index is -0.451. The molecule has 0 saturated carbocycles. The largest absolute Gasteiger partial charge is 0.481 e. The Labute approximate surface area is 141 Å². The molecule has 2 aromatic rings. The lowest BCUT2D eigenvalue weighted by atomic mass is 10.2. The van der Waals surface area contributed by atoms with Gasteiger partial charge in [-0.2, -0.15) is 11.8 Å². The summed E-state index contributed by atoms with van der Waals surface area (Å²) >= 11 is 1.73. The molecule has 1 aromatic heterocycles. The van der Waals surface area contributed by atoms with E-state index in [0.29, 0.717) is 13.0 Å². The van der Waals surface area contributed by atoms with E-state index in [4.69, 9.17) is 9.15 Å². The highest BCUT2D eigenvalue weighted by Crippen LogP contribution is 2.15. The van der Waals surface area contributed by atoms with Crippen molar-refractivity contribution in [3.63, 3.8) is 0 Å². The summed E-state index contributed by atoms with van der Waals surface area (Å²) in [7, 11) is 0. The van der Waals surface area contributed by atoms with Crippen molar-refractivity contribution in [2.24, 2.45) is 0 Å². The topological polar surface area (TPSA) is 51.5 Å². The molecule has 0 unspecified atom stereocenters. The minimum Gasteiger partial charge on any atom is -0.481 e. The van der Waals surface area contributed by atoms with E-state index in [9.17, 15) is 4.79 Å². The van der Waals surface area contributed by atoms with E-state index in [2.05, 4.69) is 5.32 Å². The van der Waals surface area contributed by atoms with Crippen LogP contribution in [0.1, 0.15) is 24.7 Å². The Balaban J connectivity index is 1.68. The number of aryl methyl sites for hydroxylation is 1. The van der Waals surface area contributed by atoms with Crippen LogP contribution in [0.5, 0.6) is 5.75 Å². The summed E-state index contributed by atoms with van der Waals surface area (Å²) in [5, 5.41) is 2.93. The van der Waals surface area contributed by atoms with Crippen LogP contribution in [0.3, 0.4) is 0 Å². The molecule has 1 N–H and O–H groups in total. The number of hydrogen-bond acceptors (Lipinski definition) is 4. The molecule has 0 radical (unpaired) electrons. The molecule has 1 atom stereocenters. The summed E-state index contributed by atoms with van der Waals surface area (Å²) in [5.41, 5.74) is 1.17. The third-order valence-corrected chi connectivity index (χ3v) is 4.31. The first kappa shape index (κ1) is 17.5. The van der Waals surface area contributed by atoms with Gasteiger partial charge >= 0.3 is 0 Å². The summed E-state index contributed by atoms with van der Waals surface area (Å²) < 4.78 is 11.0. The zero-order valence-electron chi connectivity index (χ0n) is 13.6. The summed E-state index contributed by atoms with van der Waals surface area (Å²) in [6.07, 6.45) is 1.86. The smallest absolute Gasteiger partial charge is 0.261 e. The second-order valence-corrected chi connectivity index (χ2v) is 6.36. The van der Waals surface area contributed by atoms with Crippen molar-refractivity contribution in [3.8, 4) is 5.75 Å². The van der Waals surface area contributed by atoms with Gasteiger partial charge in [0.05, 0.1) is 12.0 Å². The summed E-state index contributed by atoms with van der Waals surface area (Å²) in [5.74, 6) is 3.28. The molecule has 2 rings (SSSR count). The Morgan fingerprint density at radius 3 is 2.74 bits per heavy atom. The van der Waals surface area contributed by atoms with Crippen LogP contribution in [0.2, 0.25) is 0 Å². The van der Waals surface area contributed by atoms with E-state index in [0.717, 1.165) is 23.0 Å². The molecule has 1 heterocycles. The first-order valence-electron chi connectivity index (χ1n) is 7.80. The average molecular weight is 333 g/mol. The molecule has 0 spiro atoms. The van der Waals surface area contributed by atoms with Crippen molar-refractivity contribution in [1.82, 2.24) is 5.32 Å². The lowest BCUT2D eigenvalue weighted by Gasteiger charge is -2.17. The van der Waals surface area contributed by atoms with Crippen LogP contribution in [0.4, 0.5) is 0 Å². The number of benzene rings is 1. The molecule has 0 aliphatic carbocycles. The van der Waals surface area contributed by atoms with Gasteiger partial charge in [-0.25, -0.2) is 0 Å². The number of amides is 1. The van der Waals surface area contributed by atoms with Crippen molar-refractivity contribution < 1.29 is 13.9 Å². The van der Waals surface area contributed by atoms with Crippen LogP contribution in [-0.4, -0.2) is 24.3 Å². The predicted octanol–water partition coefficient (Wildman–Crippen LogP) is 3.80. The van der Waals surface area contributed by atoms with Crippen molar-refractivity contribution in [1.29, 1.82) is 0 Å². The molecular weight excluding hydrogens is 310 g/mol. The van der Waals surface area contributed by atoms with Gasteiger partial charge in [-0.3, -0.25) is 4.79 Å². The maximum absolute atomic E-state index is 12.2. The zero-order valence-corrected chi connectivity index (χ0v) is 14.4. The first-order valence-corrected chi connectivity index (χ1v) is 8.95. The van der Waals surface area contributed by atoms with Gasteiger partial charge in [0.2, 0.25) is 0 Å². The number of furan rings is 1. The monoisotopic (exact) mass is 333 g/mol. The van der Waals surface area contributed by atoms with Crippen molar-refractivity contribution in [2.45, 2.75) is 32.1 Å². The molecule has 4 nitrogen and oxygen atoms in total. The number of carbonyl (C=O) groups excluding carboxylic acids is 1. The Kier molecular flexibility index (Phi) is 7.07. The second-order valence-electron chi connectivity index (χ2n) is 5.25. The maximum Gasteiger partial charge on any atom is 0.261 e. The normalized spacial score (nSPS) is 11.9. The second kappa shape index (κ2) is 9.30. The molecule has 0 saturated heterocycles. The van der Waals surface area contributed by atoms with Crippen molar-refractivity contribution in [3.05, 3.63) is 54.0 Å². The molecule has 1 amide bonds. The van der Waals surface area contributed by atoms with Crippen LogP contribution < -0.4 is 10.1 Å². The SMILES string of the molecule is CC[C@@H](Oc1ccc(C)cc1)C(=O)NCCSCc1ccco1. The fourth-order valence-electron chi connectivity index (χ4n) is 2.03. The fraction of sp³-hybridized carbons (Fsp3) is 0.389. The number of rotatable bonds is 9. The molecule has 124 valence electrons. The Hall–Kier alpha value is -1.88. The highest BCUT2D eigenvalue weighted by molar-refractivity contribution is 7.98. The lowest BCUT2D eigenvalue weighted by molar-refractivity contribution is -0.127. The number of hydrogen-bond donors (Lipinski definition) is 1. The van der Waals surface area contributed by atoms with E-state index < -0.39 is 6.10 Å². The van der Waals surface area contributed by atoms with Crippen LogP contribution in [0.15, 0.2) is 47.1 Å². The highest BCUT2D eigenvalue weighted by Gasteiger charge is 2.17. The molecule has 1 aromatic carbocycles. The van der Waals surface area contributed by atoms with Crippen LogP contribution in [0.25, 0.3) is 0 Å². The summed E-state index contributed by atoms with van der Waals surface area (Å²) in [6, 6.07) is 11.6. The average Bonchev–Trinajstić information content (AvgIpc) is 3.07. The van der Waals surface area contributed by atoms with Gasteiger partial charge < -0.3 is 14.5 Å². The maximum atomic E-state index is 12.2. The predicted molar refractivity (Wildman–Crippen MR) is 93.8 cm³/mol. The standard InChI is InChI=1S/C18H23NO3S/c1-3-17(22-15-8-6-14(2)7-9-15)18(20)19-10-12-23-13-16-5-4-11-21-16/h4-9,11,17H,3,10,12-13H2,1-2H3,(H,19,20)/t17-/m1/s1. The van der Waals surface area contributed by atoms with Crippen LogP contribution in [0, 0.1) is 6.92 Å². The van der Waals surface area contributed by atoms with E-state index in [1.54, 1.807) is 18.0 Å². The molecule has 0 aliphatic rings. The molecule has 5 heteroatoms. The number of thioether (sulfide) groups is 1. The quantitative estimate of drug-likeness (QED) is 0.709. The molecule has 23 heavy (non-hydrogen) atoms. The zero-order chi connectivity index (χ0) is 16.5. The van der Waals surface area contributed by atoms with Gasteiger partial charge in [-0.1, -0.05) is 24.6 Å². The third kappa shape index (κ3) is 6.02. The Bertz CT molecular complexity index is 581. The minimum absolute atomic E-state index is 0.0633. The Morgan fingerprint density at radius 2 is 2.09 bits per heavy atom. The lowest BCUT2D eigenvalue weighted by Crippen LogP contribution is -2.39. The fourth-order valence-corrected chi connectivity index (χ4v) is 2.79. The van der Waals surface area contributed by atoms with Gasteiger partial charge in [0.1, 0.15) is 11.5 Å². The van der Waals surface area contributed by atoms with E-state index in [1.807, 2.05) is 50.2 Å². The summed E-state index contributed by atoms with van der Waals surface area (Å²) in [6.45, 7) is 4.59. The van der Waals surface area contributed by atoms with E-state index >= 15 is 0 Å². The van der Waals surface area contributed by atoms with E-state index in [1.165, 1.54) is 5.56 Å². The molecule has 0 bridgehead atoms. The van der Waals surface area contributed by atoms with Gasteiger partial charge in [-0.15, -0.1) is 0 Å².